The molecular formula is C16H29NO. The highest BCUT2D eigenvalue weighted by molar-refractivity contribution is 5.79. The predicted molar refractivity (Wildman–Crippen MR) is 77.5 cm³/mol. The van der Waals surface area contributed by atoms with Gasteiger partial charge in [-0.1, -0.05) is 32.4 Å². The van der Waals surface area contributed by atoms with Gasteiger partial charge < -0.3 is 5.32 Å². The van der Waals surface area contributed by atoms with Gasteiger partial charge >= 0.3 is 0 Å². The highest BCUT2D eigenvalue weighted by Gasteiger charge is 2.27. The van der Waals surface area contributed by atoms with Crippen molar-refractivity contribution in [3.63, 3.8) is 0 Å². The second-order valence-electron chi connectivity index (χ2n) is 7.45. The van der Waals surface area contributed by atoms with Gasteiger partial charge in [-0.3, -0.25) is 4.79 Å². The second-order valence-corrected chi connectivity index (χ2v) is 7.45. The molecule has 2 nitrogen and oxygen atoms in total. The summed E-state index contributed by atoms with van der Waals surface area (Å²) < 4.78 is 0. The molecule has 1 amide bonds. The molecule has 1 aliphatic rings. The number of amides is 1. The summed E-state index contributed by atoms with van der Waals surface area (Å²) in [6.07, 6.45) is 8.60. The molecule has 18 heavy (non-hydrogen) atoms. The molecule has 0 saturated heterocycles. The van der Waals surface area contributed by atoms with E-state index < -0.39 is 0 Å². The molecule has 104 valence electrons. The van der Waals surface area contributed by atoms with Gasteiger partial charge in [-0.15, -0.1) is 0 Å². The fourth-order valence-corrected chi connectivity index (χ4v) is 3.06. The molecular weight excluding hydrogens is 222 g/mol. The summed E-state index contributed by atoms with van der Waals surface area (Å²) in [6.45, 7) is 10.9. The van der Waals surface area contributed by atoms with Crippen LogP contribution in [-0.4, -0.2) is 11.4 Å². The maximum absolute atomic E-state index is 12.1. The van der Waals surface area contributed by atoms with Crippen molar-refractivity contribution in [3.05, 3.63) is 11.6 Å². The number of carbonyl (C=O) groups is 1. The Hall–Kier alpha value is -0.790. The third-order valence-corrected chi connectivity index (χ3v) is 3.22. The zero-order valence-corrected chi connectivity index (χ0v) is 12.7. The number of carbonyl (C=O) groups excluding carboxylic acids is 1. The lowest BCUT2D eigenvalue weighted by Gasteiger charge is -2.33. The molecule has 0 heterocycles. The van der Waals surface area contributed by atoms with Crippen molar-refractivity contribution in [2.75, 3.05) is 0 Å². The first-order chi connectivity index (χ1) is 8.18. The van der Waals surface area contributed by atoms with E-state index in [1.807, 2.05) is 0 Å². The molecule has 0 bridgehead atoms. The zero-order valence-electron chi connectivity index (χ0n) is 12.7. The van der Waals surface area contributed by atoms with Crippen LogP contribution in [0.25, 0.3) is 0 Å². The molecule has 1 rings (SSSR count). The maximum atomic E-state index is 12.1. The normalized spacial score (nSPS) is 17.3. The van der Waals surface area contributed by atoms with Crippen LogP contribution in [0.4, 0.5) is 0 Å². The van der Waals surface area contributed by atoms with Crippen LogP contribution >= 0.6 is 0 Å². The summed E-state index contributed by atoms with van der Waals surface area (Å²) in [6, 6.07) is 0. The summed E-state index contributed by atoms with van der Waals surface area (Å²) in [4.78, 5) is 12.1. The smallest absolute Gasteiger partial charge is 0.224 e. The van der Waals surface area contributed by atoms with Gasteiger partial charge in [-0.25, -0.2) is 0 Å². The SMILES string of the molecule is CC(C)(C)CC(C)(C)NC(=O)CC1=CCCCC1. The van der Waals surface area contributed by atoms with E-state index in [9.17, 15) is 4.79 Å². The van der Waals surface area contributed by atoms with E-state index in [-0.39, 0.29) is 16.9 Å². The van der Waals surface area contributed by atoms with Gasteiger partial charge in [0.2, 0.25) is 5.91 Å². The minimum Gasteiger partial charge on any atom is -0.351 e. The van der Waals surface area contributed by atoms with Crippen LogP contribution in [0.1, 0.15) is 73.1 Å². The van der Waals surface area contributed by atoms with E-state index in [1.165, 1.54) is 18.4 Å². The van der Waals surface area contributed by atoms with E-state index in [0.29, 0.717) is 6.42 Å². The molecule has 0 aromatic heterocycles. The molecule has 0 aromatic rings. The summed E-state index contributed by atoms with van der Waals surface area (Å²) in [5, 5.41) is 3.18. The monoisotopic (exact) mass is 251 g/mol. The largest absolute Gasteiger partial charge is 0.351 e. The van der Waals surface area contributed by atoms with Crippen molar-refractivity contribution >= 4 is 5.91 Å². The van der Waals surface area contributed by atoms with Gasteiger partial charge in [0, 0.05) is 12.0 Å². The lowest BCUT2D eigenvalue weighted by molar-refractivity contribution is -0.122. The quantitative estimate of drug-likeness (QED) is 0.745. The third kappa shape index (κ3) is 6.23. The standard InChI is InChI=1S/C16H29NO/c1-15(2,3)12-16(4,5)17-14(18)11-13-9-7-6-8-10-13/h9H,6-8,10-12H2,1-5H3,(H,17,18). The van der Waals surface area contributed by atoms with E-state index in [2.05, 4.69) is 46.0 Å². The number of nitrogens with one attached hydrogen (secondary N) is 1. The van der Waals surface area contributed by atoms with E-state index in [4.69, 9.17) is 0 Å². The van der Waals surface area contributed by atoms with Gasteiger partial charge in [-0.2, -0.15) is 0 Å². The van der Waals surface area contributed by atoms with Crippen LogP contribution in [0.2, 0.25) is 0 Å². The Morgan fingerprint density at radius 1 is 1.22 bits per heavy atom. The van der Waals surface area contributed by atoms with E-state index in [1.54, 1.807) is 0 Å². The first kappa shape index (κ1) is 15.3. The van der Waals surface area contributed by atoms with Crippen LogP contribution in [0.15, 0.2) is 11.6 Å². The maximum Gasteiger partial charge on any atom is 0.224 e. The van der Waals surface area contributed by atoms with Crippen LogP contribution < -0.4 is 5.32 Å². The predicted octanol–water partition coefficient (Wildman–Crippen LogP) is 4.21. The molecule has 0 aromatic carbocycles. The molecule has 0 spiro atoms. The Morgan fingerprint density at radius 3 is 2.39 bits per heavy atom. The Bertz CT molecular complexity index is 320. The molecule has 1 N–H and O–H groups in total. The third-order valence-electron chi connectivity index (χ3n) is 3.22. The Morgan fingerprint density at radius 2 is 1.89 bits per heavy atom. The average Bonchev–Trinajstić information content (AvgIpc) is 2.13. The van der Waals surface area contributed by atoms with Crippen LogP contribution in [0.5, 0.6) is 0 Å². The van der Waals surface area contributed by atoms with Crippen molar-refractivity contribution in [2.45, 2.75) is 78.7 Å². The van der Waals surface area contributed by atoms with Crippen LogP contribution in [-0.2, 0) is 4.79 Å². The topological polar surface area (TPSA) is 29.1 Å². The fourth-order valence-electron chi connectivity index (χ4n) is 3.06. The second kappa shape index (κ2) is 5.90. The number of allylic oxidation sites excluding steroid dienone is 1. The van der Waals surface area contributed by atoms with Crippen molar-refractivity contribution in [1.82, 2.24) is 5.32 Å². The Kier molecular flexibility index (Phi) is 5.01. The highest BCUT2D eigenvalue weighted by Crippen LogP contribution is 2.27. The van der Waals surface area contributed by atoms with Crippen molar-refractivity contribution in [3.8, 4) is 0 Å². The lowest BCUT2D eigenvalue weighted by Crippen LogP contribution is -2.45. The highest BCUT2D eigenvalue weighted by atomic mass is 16.1. The van der Waals surface area contributed by atoms with Gasteiger partial charge in [0.1, 0.15) is 0 Å². The summed E-state index contributed by atoms with van der Waals surface area (Å²) >= 11 is 0. The average molecular weight is 251 g/mol. The molecule has 2 heteroatoms. The Labute approximate surface area is 112 Å². The minimum absolute atomic E-state index is 0.120. The molecule has 0 unspecified atom stereocenters. The minimum atomic E-state index is -0.120. The molecule has 0 aliphatic heterocycles. The van der Waals surface area contributed by atoms with Crippen molar-refractivity contribution in [1.29, 1.82) is 0 Å². The van der Waals surface area contributed by atoms with E-state index in [0.717, 1.165) is 19.3 Å². The summed E-state index contributed by atoms with van der Waals surface area (Å²) in [5.41, 5.74) is 1.44. The zero-order chi connectivity index (χ0) is 13.8. The van der Waals surface area contributed by atoms with Gasteiger partial charge in [0.25, 0.3) is 0 Å². The van der Waals surface area contributed by atoms with Gasteiger partial charge in [0.15, 0.2) is 0 Å². The fraction of sp³-hybridized carbons (Fsp3) is 0.812. The summed E-state index contributed by atoms with van der Waals surface area (Å²) in [5.74, 6) is 0.178. The van der Waals surface area contributed by atoms with Crippen molar-refractivity contribution < 1.29 is 4.79 Å². The molecule has 0 saturated carbocycles. The van der Waals surface area contributed by atoms with E-state index >= 15 is 0 Å². The molecule has 0 radical (unpaired) electrons. The first-order valence-corrected chi connectivity index (χ1v) is 7.17. The Balaban J connectivity index is 2.45. The number of rotatable bonds is 4. The number of hydrogen-bond donors (Lipinski definition) is 1. The lowest BCUT2D eigenvalue weighted by atomic mass is 9.81. The summed E-state index contributed by atoms with van der Waals surface area (Å²) in [7, 11) is 0. The van der Waals surface area contributed by atoms with Gasteiger partial charge in [-0.05, 0) is 51.4 Å². The van der Waals surface area contributed by atoms with Crippen LogP contribution in [0, 0.1) is 5.41 Å². The number of hydrogen-bond acceptors (Lipinski definition) is 1. The molecule has 0 atom stereocenters. The first-order valence-electron chi connectivity index (χ1n) is 7.17. The van der Waals surface area contributed by atoms with Gasteiger partial charge in [0.05, 0.1) is 0 Å². The van der Waals surface area contributed by atoms with Crippen LogP contribution in [0.3, 0.4) is 0 Å². The molecule has 0 fully saturated rings. The molecule has 1 aliphatic carbocycles. The van der Waals surface area contributed by atoms with Crippen molar-refractivity contribution in [2.24, 2.45) is 5.41 Å².